The molecule has 108 valence electrons. The van der Waals surface area contributed by atoms with Gasteiger partial charge in [-0.2, -0.15) is 10.5 Å². The Bertz CT molecular complexity index is 567. The smallest absolute Gasteiger partial charge is 0.0717 e. The molecule has 2 rings (SSSR count). The van der Waals surface area contributed by atoms with Gasteiger partial charge in [-0.25, -0.2) is 0 Å². The highest BCUT2D eigenvalue weighted by Gasteiger charge is 2.25. The number of hydrogen-bond acceptors (Lipinski definition) is 4. The number of nitrogens with zero attached hydrogens (tertiary/aromatic N) is 1. The lowest BCUT2D eigenvalue weighted by Crippen LogP contribution is -2.10. The van der Waals surface area contributed by atoms with Crippen LogP contribution in [-0.4, -0.2) is 41.6 Å². The van der Waals surface area contributed by atoms with E-state index >= 15 is 0 Å². The van der Waals surface area contributed by atoms with E-state index in [1.165, 1.54) is 0 Å². The van der Waals surface area contributed by atoms with Gasteiger partial charge in [-0.15, -0.1) is 0 Å². The molecule has 0 radical (unpaired) electrons. The highest BCUT2D eigenvalue weighted by Crippen LogP contribution is 2.44. The number of aliphatic hydroxyl groups is 2. The zero-order valence-corrected chi connectivity index (χ0v) is 12.1. The van der Waals surface area contributed by atoms with Crippen LogP contribution in [0, 0.1) is 0 Å². The Morgan fingerprint density at radius 2 is 2.10 bits per heavy atom. The van der Waals surface area contributed by atoms with E-state index in [9.17, 15) is 0 Å². The number of hydrogen-bond donors (Lipinski definition) is 3. The van der Waals surface area contributed by atoms with Crippen LogP contribution in [0.5, 0.6) is 0 Å². The molecule has 1 aromatic rings. The van der Waals surface area contributed by atoms with Crippen LogP contribution in [0.4, 0.5) is 5.69 Å². The summed E-state index contributed by atoms with van der Waals surface area (Å²) in [5, 5.41) is 20.1. The van der Waals surface area contributed by atoms with Gasteiger partial charge in [0.15, 0.2) is 0 Å². The summed E-state index contributed by atoms with van der Waals surface area (Å²) in [6.45, 7) is 0.511. The van der Waals surface area contributed by atoms with Crippen molar-refractivity contribution in [1.29, 1.82) is 0 Å². The first-order chi connectivity index (χ1) is 9.69. The molecule has 0 aromatic heterocycles. The number of nitrogen functional groups attached to an aromatic ring is 1. The van der Waals surface area contributed by atoms with Gasteiger partial charge >= 0.3 is 0 Å². The van der Waals surface area contributed by atoms with E-state index in [0.29, 0.717) is 18.7 Å². The second-order valence-electron chi connectivity index (χ2n) is 4.58. The quantitative estimate of drug-likeness (QED) is 0.568. The van der Waals surface area contributed by atoms with Crippen molar-refractivity contribution in [3.05, 3.63) is 40.8 Å². The maximum absolute atomic E-state index is 9.09. The van der Waals surface area contributed by atoms with Crippen molar-refractivity contribution >= 4 is 27.8 Å². The zero-order valence-electron chi connectivity index (χ0n) is 11.3. The topological polar surface area (TPSA) is 78.8 Å². The first-order valence-corrected chi connectivity index (χ1v) is 8.04. The van der Waals surface area contributed by atoms with E-state index in [2.05, 4.69) is 10.9 Å². The average Bonchev–Trinajstić information content (AvgIpc) is 2.80. The minimum Gasteiger partial charge on any atom is -0.398 e. The predicted molar refractivity (Wildman–Crippen MR) is 87.6 cm³/mol. The Morgan fingerprint density at radius 3 is 2.80 bits per heavy atom. The Kier molecular flexibility index (Phi) is 5.11. The highest BCUT2D eigenvalue weighted by molar-refractivity contribution is 8.17. The molecule has 1 aliphatic heterocycles. The summed E-state index contributed by atoms with van der Waals surface area (Å²) in [4.78, 5) is 4.41. The SMILES string of the molecule is C=S1C=CC(=NCCO)C1c1cccc(CCO)c1N. The highest BCUT2D eigenvalue weighted by atomic mass is 32.2. The van der Waals surface area contributed by atoms with Crippen molar-refractivity contribution in [2.24, 2.45) is 4.99 Å². The summed E-state index contributed by atoms with van der Waals surface area (Å²) in [6, 6.07) is 5.88. The largest absolute Gasteiger partial charge is 0.398 e. The van der Waals surface area contributed by atoms with Gasteiger partial charge in [0.1, 0.15) is 0 Å². The minimum absolute atomic E-state index is 0.0367. The first-order valence-electron chi connectivity index (χ1n) is 6.52. The monoisotopic (exact) mass is 292 g/mol. The normalized spacial score (nSPS) is 23.6. The summed E-state index contributed by atoms with van der Waals surface area (Å²) in [6.07, 6.45) is 2.52. The molecule has 0 spiro atoms. The second-order valence-corrected chi connectivity index (χ2v) is 6.26. The van der Waals surface area contributed by atoms with E-state index in [1.807, 2.05) is 29.7 Å². The molecule has 5 heteroatoms. The molecule has 0 fully saturated rings. The van der Waals surface area contributed by atoms with Crippen LogP contribution < -0.4 is 5.73 Å². The molecule has 2 atom stereocenters. The number of aliphatic hydroxyl groups excluding tert-OH is 2. The van der Waals surface area contributed by atoms with Gasteiger partial charge in [-0.05, 0) is 29.0 Å². The number of nitrogens with two attached hydrogens (primary N) is 1. The molecule has 1 aliphatic rings. The summed E-state index contributed by atoms with van der Waals surface area (Å²) in [5.41, 5.74) is 9.84. The predicted octanol–water partition coefficient (Wildman–Crippen LogP) is 1.51. The molecule has 1 heterocycles. The van der Waals surface area contributed by atoms with Crippen LogP contribution in [0.3, 0.4) is 0 Å². The van der Waals surface area contributed by atoms with E-state index < -0.39 is 0 Å². The van der Waals surface area contributed by atoms with Gasteiger partial charge in [0.05, 0.1) is 24.1 Å². The Morgan fingerprint density at radius 1 is 1.30 bits per heavy atom. The molecule has 2 unspecified atom stereocenters. The van der Waals surface area contributed by atoms with Gasteiger partial charge in [0.2, 0.25) is 0 Å². The number of benzene rings is 1. The Labute approximate surface area is 121 Å². The van der Waals surface area contributed by atoms with Crippen molar-refractivity contribution in [2.45, 2.75) is 11.7 Å². The van der Waals surface area contributed by atoms with Crippen LogP contribution in [0.1, 0.15) is 16.4 Å². The van der Waals surface area contributed by atoms with E-state index in [1.54, 1.807) is 0 Å². The molecular formula is C15H20N2O2S. The molecule has 4 N–H and O–H groups in total. The molecule has 0 saturated heterocycles. The number of anilines is 1. The van der Waals surface area contributed by atoms with Gasteiger partial charge in [-0.1, -0.05) is 24.1 Å². The Balaban J connectivity index is 2.39. The third-order valence-corrected chi connectivity index (χ3v) is 4.86. The maximum Gasteiger partial charge on any atom is 0.0717 e. The van der Waals surface area contributed by atoms with Crippen molar-refractivity contribution in [2.75, 3.05) is 25.5 Å². The lowest BCUT2D eigenvalue weighted by molar-refractivity contribution is 0.300. The van der Waals surface area contributed by atoms with E-state index in [0.717, 1.165) is 16.8 Å². The molecule has 0 aliphatic carbocycles. The molecule has 1 aromatic carbocycles. The summed E-state index contributed by atoms with van der Waals surface area (Å²) >= 11 is 0. The van der Waals surface area contributed by atoms with Gasteiger partial charge in [-0.3, -0.25) is 4.99 Å². The zero-order chi connectivity index (χ0) is 14.5. The van der Waals surface area contributed by atoms with Crippen molar-refractivity contribution in [3.63, 3.8) is 0 Å². The van der Waals surface area contributed by atoms with Gasteiger partial charge in [0.25, 0.3) is 0 Å². The second kappa shape index (κ2) is 6.83. The molecule has 20 heavy (non-hydrogen) atoms. The molecule has 0 saturated carbocycles. The third kappa shape index (κ3) is 3.00. The fourth-order valence-corrected chi connectivity index (χ4v) is 3.78. The number of para-hydroxylation sites is 1. The van der Waals surface area contributed by atoms with Gasteiger partial charge in [0, 0.05) is 12.3 Å². The molecule has 4 nitrogen and oxygen atoms in total. The van der Waals surface area contributed by atoms with Crippen LogP contribution in [0.2, 0.25) is 0 Å². The fourth-order valence-electron chi connectivity index (χ4n) is 2.32. The van der Waals surface area contributed by atoms with Crippen LogP contribution in [0.15, 0.2) is 34.7 Å². The lowest BCUT2D eigenvalue weighted by atomic mass is 10.0. The molecule has 0 bridgehead atoms. The lowest BCUT2D eigenvalue weighted by Gasteiger charge is -2.18. The number of aliphatic imine (C=N–C) groups is 1. The summed E-state index contributed by atoms with van der Waals surface area (Å²) < 4.78 is 0. The molecule has 0 amide bonds. The average molecular weight is 292 g/mol. The van der Waals surface area contributed by atoms with E-state index in [4.69, 9.17) is 15.9 Å². The van der Waals surface area contributed by atoms with Crippen LogP contribution in [0.25, 0.3) is 0 Å². The molecular weight excluding hydrogens is 272 g/mol. The van der Waals surface area contributed by atoms with Crippen molar-refractivity contribution in [3.8, 4) is 0 Å². The fraction of sp³-hybridized carbons (Fsp3) is 0.333. The van der Waals surface area contributed by atoms with Crippen LogP contribution >= 0.6 is 10.5 Å². The number of allylic oxidation sites excluding steroid dienone is 1. The van der Waals surface area contributed by atoms with Gasteiger partial charge < -0.3 is 15.9 Å². The standard InChI is InChI=1S/C15H20N2O2S/c1-20-10-6-13(17-7-9-19)15(20)12-4-2-3-11(5-8-18)14(12)16/h2-4,6,10,15,18-19H,1,5,7-9,16H2. The summed E-state index contributed by atoms with van der Waals surface area (Å²) in [7, 11) is -0.203. The Hall–Kier alpha value is -1.43. The minimum atomic E-state index is -0.203. The summed E-state index contributed by atoms with van der Waals surface area (Å²) in [5.74, 6) is 4.16. The first kappa shape index (κ1) is 15.0. The maximum atomic E-state index is 9.09. The van der Waals surface area contributed by atoms with Crippen LogP contribution in [-0.2, 0) is 6.42 Å². The van der Waals surface area contributed by atoms with E-state index in [-0.39, 0.29) is 28.9 Å². The van der Waals surface area contributed by atoms with Crippen molar-refractivity contribution < 1.29 is 10.2 Å². The third-order valence-electron chi connectivity index (χ3n) is 3.27. The van der Waals surface area contributed by atoms with Crippen molar-refractivity contribution in [1.82, 2.24) is 0 Å². The number of rotatable bonds is 5.